The second-order valence-electron chi connectivity index (χ2n) is 6.45. The lowest BCUT2D eigenvalue weighted by atomic mass is 9.96. The molecule has 3 rings (SSSR count). The molecule has 1 amide bonds. The van der Waals surface area contributed by atoms with Crippen LogP contribution in [0.5, 0.6) is 0 Å². The number of H-pyrrole nitrogens is 1. The van der Waals surface area contributed by atoms with Crippen molar-refractivity contribution in [1.29, 1.82) is 0 Å². The predicted octanol–water partition coefficient (Wildman–Crippen LogP) is 3.32. The highest BCUT2D eigenvalue weighted by Crippen LogP contribution is 2.27. The molecule has 1 atom stereocenters. The number of carbonyl (C=O) groups excluding carboxylic acids is 1. The Hall–Kier alpha value is -2.53. The van der Waals surface area contributed by atoms with Gasteiger partial charge in [-0.05, 0) is 39.8 Å². The van der Waals surface area contributed by atoms with Crippen LogP contribution in [0.15, 0.2) is 34.7 Å². The van der Waals surface area contributed by atoms with E-state index in [1.54, 1.807) is 13.0 Å². The molecule has 2 aromatic heterocycles. The fourth-order valence-electron chi connectivity index (χ4n) is 3.17. The van der Waals surface area contributed by atoms with Crippen molar-refractivity contribution >= 4 is 16.8 Å². The highest BCUT2D eigenvalue weighted by molar-refractivity contribution is 6.08. The summed E-state index contributed by atoms with van der Waals surface area (Å²) in [5.41, 5.74) is 1.84. The van der Waals surface area contributed by atoms with Crippen molar-refractivity contribution in [2.75, 3.05) is 6.54 Å². The van der Waals surface area contributed by atoms with Gasteiger partial charge in [0.05, 0.1) is 12.1 Å². The lowest BCUT2D eigenvalue weighted by Crippen LogP contribution is -2.39. The van der Waals surface area contributed by atoms with E-state index in [4.69, 9.17) is 4.42 Å². The molecule has 1 aromatic carbocycles. The lowest BCUT2D eigenvalue weighted by Gasteiger charge is -2.23. The van der Waals surface area contributed by atoms with Crippen LogP contribution >= 0.6 is 0 Å². The zero-order chi connectivity index (χ0) is 17.5. The first kappa shape index (κ1) is 16.3. The smallest absolute Gasteiger partial charge is 0.253 e. The minimum atomic E-state index is -1.20. The number of hydrogen-bond acceptors (Lipinski definition) is 3. The number of fused-ring (bicyclic) bond motifs is 1. The number of aryl methyl sites for hydroxylation is 3. The van der Waals surface area contributed by atoms with Crippen LogP contribution in [-0.2, 0) is 5.60 Å². The van der Waals surface area contributed by atoms with E-state index in [1.807, 2.05) is 45.0 Å². The number of aromatic nitrogens is 1. The molecular weight excluding hydrogens is 304 g/mol. The van der Waals surface area contributed by atoms with Gasteiger partial charge in [-0.25, -0.2) is 0 Å². The van der Waals surface area contributed by atoms with E-state index in [2.05, 4.69) is 10.3 Å². The first-order valence-electron chi connectivity index (χ1n) is 7.95. The van der Waals surface area contributed by atoms with Crippen molar-refractivity contribution in [2.24, 2.45) is 0 Å². The van der Waals surface area contributed by atoms with Gasteiger partial charge in [0, 0.05) is 22.2 Å². The first-order chi connectivity index (χ1) is 11.3. The summed E-state index contributed by atoms with van der Waals surface area (Å²) in [5.74, 6) is 1.19. The zero-order valence-corrected chi connectivity index (χ0v) is 14.4. The second kappa shape index (κ2) is 5.83. The molecule has 1 unspecified atom stereocenters. The third-order valence-corrected chi connectivity index (χ3v) is 4.34. The molecule has 0 aliphatic heterocycles. The molecule has 3 aromatic rings. The van der Waals surface area contributed by atoms with Crippen LogP contribution in [0.4, 0.5) is 0 Å². The average molecular weight is 326 g/mol. The Morgan fingerprint density at radius 2 is 2.00 bits per heavy atom. The molecule has 2 heterocycles. The zero-order valence-electron chi connectivity index (χ0n) is 14.4. The minimum Gasteiger partial charge on any atom is -0.466 e. The molecule has 0 radical (unpaired) electrons. The van der Waals surface area contributed by atoms with E-state index in [9.17, 15) is 9.90 Å². The third kappa shape index (κ3) is 2.83. The molecule has 5 heteroatoms. The summed E-state index contributed by atoms with van der Waals surface area (Å²) >= 11 is 0. The van der Waals surface area contributed by atoms with Gasteiger partial charge in [-0.1, -0.05) is 18.2 Å². The van der Waals surface area contributed by atoms with Crippen LogP contribution in [0.25, 0.3) is 10.9 Å². The van der Waals surface area contributed by atoms with Gasteiger partial charge in [0.2, 0.25) is 0 Å². The molecule has 0 saturated heterocycles. The highest BCUT2D eigenvalue weighted by atomic mass is 16.3. The molecule has 24 heavy (non-hydrogen) atoms. The summed E-state index contributed by atoms with van der Waals surface area (Å²) < 4.78 is 5.48. The summed E-state index contributed by atoms with van der Waals surface area (Å²) in [4.78, 5) is 15.9. The van der Waals surface area contributed by atoms with Gasteiger partial charge >= 0.3 is 0 Å². The lowest BCUT2D eigenvalue weighted by molar-refractivity contribution is 0.0514. The molecule has 5 nitrogen and oxygen atoms in total. The van der Waals surface area contributed by atoms with Crippen LogP contribution in [0.2, 0.25) is 0 Å². The molecule has 0 aliphatic rings. The molecule has 0 bridgehead atoms. The van der Waals surface area contributed by atoms with E-state index in [1.165, 1.54) is 0 Å². The quantitative estimate of drug-likeness (QED) is 0.688. The summed E-state index contributed by atoms with van der Waals surface area (Å²) in [6, 6.07) is 9.48. The average Bonchev–Trinajstić information content (AvgIpc) is 3.03. The molecule has 3 N–H and O–H groups in total. The van der Waals surface area contributed by atoms with Crippen molar-refractivity contribution in [3.05, 3.63) is 58.7 Å². The highest BCUT2D eigenvalue weighted by Gasteiger charge is 2.29. The van der Waals surface area contributed by atoms with Gasteiger partial charge in [0.25, 0.3) is 5.91 Å². The van der Waals surface area contributed by atoms with Gasteiger partial charge < -0.3 is 19.8 Å². The molecule has 0 saturated carbocycles. The fraction of sp³-hybridized carbons (Fsp3) is 0.316. The SMILES string of the molecule is Cc1cc(C(C)(O)CNC(=O)c2c(C)[nH]c3ccccc23)c(C)o1. The van der Waals surface area contributed by atoms with Gasteiger partial charge in [0.15, 0.2) is 0 Å². The maximum absolute atomic E-state index is 12.6. The number of nitrogens with one attached hydrogen (secondary N) is 2. The number of aromatic amines is 1. The summed E-state index contributed by atoms with van der Waals surface area (Å²) in [6.07, 6.45) is 0. The van der Waals surface area contributed by atoms with Crippen LogP contribution in [-0.4, -0.2) is 22.5 Å². The number of amides is 1. The Balaban J connectivity index is 1.82. The number of furan rings is 1. The van der Waals surface area contributed by atoms with Crippen LogP contribution < -0.4 is 5.32 Å². The largest absolute Gasteiger partial charge is 0.466 e. The van der Waals surface area contributed by atoms with E-state index in [0.717, 1.165) is 22.4 Å². The summed E-state index contributed by atoms with van der Waals surface area (Å²) in [5, 5.41) is 14.4. The normalized spacial score (nSPS) is 13.9. The second-order valence-corrected chi connectivity index (χ2v) is 6.45. The Kier molecular flexibility index (Phi) is 3.97. The summed E-state index contributed by atoms with van der Waals surface area (Å²) in [7, 11) is 0. The van der Waals surface area contributed by atoms with Gasteiger partial charge in [-0.3, -0.25) is 4.79 Å². The maximum Gasteiger partial charge on any atom is 0.253 e. The molecule has 0 spiro atoms. The number of carbonyl (C=O) groups is 1. The number of rotatable bonds is 4. The maximum atomic E-state index is 12.6. The van der Waals surface area contributed by atoms with Crippen molar-refractivity contribution in [1.82, 2.24) is 10.3 Å². The number of hydrogen-bond donors (Lipinski definition) is 3. The van der Waals surface area contributed by atoms with Crippen LogP contribution in [0.1, 0.15) is 40.1 Å². The minimum absolute atomic E-state index is 0.102. The third-order valence-electron chi connectivity index (χ3n) is 4.34. The Bertz CT molecular complexity index is 903. The van der Waals surface area contributed by atoms with E-state index in [-0.39, 0.29) is 12.5 Å². The number of benzene rings is 1. The van der Waals surface area contributed by atoms with E-state index in [0.29, 0.717) is 16.9 Å². The predicted molar refractivity (Wildman–Crippen MR) is 93.1 cm³/mol. The van der Waals surface area contributed by atoms with Crippen LogP contribution in [0.3, 0.4) is 0 Å². The van der Waals surface area contributed by atoms with Gasteiger partial charge in [-0.15, -0.1) is 0 Å². The van der Waals surface area contributed by atoms with E-state index >= 15 is 0 Å². The number of aliphatic hydroxyl groups is 1. The van der Waals surface area contributed by atoms with E-state index < -0.39 is 5.60 Å². The molecular formula is C19H22N2O3. The van der Waals surface area contributed by atoms with Crippen molar-refractivity contribution in [3.8, 4) is 0 Å². The van der Waals surface area contributed by atoms with Gasteiger partial charge in [-0.2, -0.15) is 0 Å². The van der Waals surface area contributed by atoms with Crippen LogP contribution in [0, 0.1) is 20.8 Å². The van der Waals surface area contributed by atoms with Crippen molar-refractivity contribution < 1.29 is 14.3 Å². The fourth-order valence-corrected chi connectivity index (χ4v) is 3.17. The van der Waals surface area contributed by atoms with Crippen molar-refractivity contribution in [3.63, 3.8) is 0 Å². The monoisotopic (exact) mass is 326 g/mol. The first-order valence-corrected chi connectivity index (χ1v) is 7.95. The Labute approximate surface area is 140 Å². The topological polar surface area (TPSA) is 78.3 Å². The standard InChI is InChI=1S/C19H22N2O3/c1-11-9-15(13(3)24-11)19(4,23)10-20-18(22)17-12(2)21-16-8-6-5-7-14(16)17/h5-9,21,23H,10H2,1-4H3,(H,20,22). The number of para-hydroxylation sites is 1. The molecule has 0 aliphatic carbocycles. The van der Waals surface area contributed by atoms with Crippen molar-refractivity contribution in [2.45, 2.75) is 33.3 Å². The van der Waals surface area contributed by atoms with Gasteiger partial charge in [0.1, 0.15) is 17.1 Å². The molecule has 0 fully saturated rings. The Morgan fingerprint density at radius 3 is 2.67 bits per heavy atom. The molecule has 126 valence electrons. The Morgan fingerprint density at radius 1 is 1.29 bits per heavy atom. The summed E-state index contributed by atoms with van der Waals surface area (Å²) in [6.45, 7) is 7.29.